The molecular weight excluding hydrogens is 226 g/mol. The van der Waals surface area contributed by atoms with Gasteiger partial charge in [0.05, 0.1) is 0 Å². The quantitative estimate of drug-likeness (QED) is 0.821. The van der Waals surface area contributed by atoms with Gasteiger partial charge in [-0.25, -0.2) is 0 Å². The normalized spacial score (nSPS) is 10.8. The van der Waals surface area contributed by atoms with Crippen LogP contribution in [0.5, 0.6) is 0 Å². The lowest BCUT2D eigenvalue weighted by molar-refractivity contribution is 0.387. The van der Waals surface area contributed by atoms with Gasteiger partial charge >= 0.3 is 0 Å². The van der Waals surface area contributed by atoms with Crippen molar-refractivity contribution < 1.29 is 4.52 Å². The van der Waals surface area contributed by atoms with Gasteiger partial charge in [0.15, 0.2) is 5.82 Å². The first-order chi connectivity index (χ1) is 8.65. The zero-order chi connectivity index (χ0) is 13.0. The molecule has 0 atom stereocenters. The highest BCUT2D eigenvalue weighted by Gasteiger charge is 2.02. The molecule has 2 aromatic rings. The summed E-state index contributed by atoms with van der Waals surface area (Å²) in [6.07, 6.45) is 0.794. The molecule has 0 radical (unpaired) electrons. The van der Waals surface area contributed by atoms with Crippen LogP contribution < -0.4 is 5.32 Å². The number of benzene rings is 1. The van der Waals surface area contributed by atoms with Gasteiger partial charge in [0.2, 0.25) is 5.89 Å². The van der Waals surface area contributed by atoms with Crippen molar-refractivity contribution in [1.82, 2.24) is 15.5 Å². The highest BCUT2D eigenvalue weighted by atomic mass is 16.5. The van der Waals surface area contributed by atoms with Crippen molar-refractivity contribution in [1.29, 1.82) is 0 Å². The smallest absolute Gasteiger partial charge is 0.223 e. The molecule has 0 aliphatic carbocycles. The molecule has 0 spiro atoms. The van der Waals surface area contributed by atoms with Gasteiger partial charge in [-0.2, -0.15) is 4.98 Å². The molecule has 4 heteroatoms. The van der Waals surface area contributed by atoms with Crippen molar-refractivity contribution in [2.75, 3.05) is 6.54 Å². The number of rotatable bonds is 5. The van der Waals surface area contributed by atoms with Crippen LogP contribution in [0, 0.1) is 20.8 Å². The Bertz CT molecular complexity index is 520. The molecule has 1 heterocycles. The van der Waals surface area contributed by atoms with Gasteiger partial charge in [-0.1, -0.05) is 28.9 Å². The van der Waals surface area contributed by atoms with Gasteiger partial charge in [0.1, 0.15) is 0 Å². The van der Waals surface area contributed by atoms with E-state index in [1.165, 1.54) is 16.7 Å². The molecule has 0 aliphatic rings. The van der Waals surface area contributed by atoms with E-state index in [4.69, 9.17) is 4.52 Å². The van der Waals surface area contributed by atoms with Crippen LogP contribution in [-0.2, 0) is 13.0 Å². The van der Waals surface area contributed by atoms with Crippen molar-refractivity contribution in [2.24, 2.45) is 0 Å². The fourth-order valence-electron chi connectivity index (χ4n) is 1.91. The summed E-state index contributed by atoms with van der Waals surface area (Å²) in [4.78, 5) is 4.17. The molecule has 0 saturated heterocycles. The maximum absolute atomic E-state index is 4.92. The van der Waals surface area contributed by atoms with Crippen LogP contribution in [-0.4, -0.2) is 16.7 Å². The third-order valence-electron chi connectivity index (χ3n) is 2.91. The molecule has 1 aromatic carbocycles. The third-order valence-corrected chi connectivity index (χ3v) is 2.91. The fraction of sp³-hybridized carbons (Fsp3) is 0.429. The molecule has 0 amide bonds. The Morgan fingerprint density at radius 2 is 2.06 bits per heavy atom. The predicted octanol–water partition coefficient (Wildman–Crippen LogP) is 2.33. The zero-order valence-corrected chi connectivity index (χ0v) is 11.2. The van der Waals surface area contributed by atoms with Gasteiger partial charge in [-0.15, -0.1) is 0 Å². The SMILES string of the molecule is Cc1ccc(CNCCc2noc(C)n2)c(C)c1. The Hall–Kier alpha value is -1.68. The van der Waals surface area contributed by atoms with Gasteiger partial charge in [-0.05, 0) is 25.0 Å². The Balaban J connectivity index is 1.78. The van der Waals surface area contributed by atoms with Gasteiger partial charge < -0.3 is 9.84 Å². The average Bonchev–Trinajstić information content (AvgIpc) is 2.73. The zero-order valence-electron chi connectivity index (χ0n) is 11.2. The van der Waals surface area contributed by atoms with Crippen LogP contribution in [0.4, 0.5) is 0 Å². The Kier molecular flexibility index (Phi) is 4.10. The van der Waals surface area contributed by atoms with Crippen molar-refractivity contribution >= 4 is 0 Å². The molecule has 96 valence electrons. The molecule has 1 N–H and O–H groups in total. The number of nitrogens with one attached hydrogen (secondary N) is 1. The lowest BCUT2D eigenvalue weighted by Gasteiger charge is -2.07. The Labute approximate surface area is 107 Å². The van der Waals surface area contributed by atoms with Crippen LogP contribution in [0.1, 0.15) is 28.4 Å². The minimum absolute atomic E-state index is 0.624. The monoisotopic (exact) mass is 245 g/mol. The summed E-state index contributed by atoms with van der Waals surface area (Å²) >= 11 is 0. The summed E-state index contributed by atoms with van der Waals surface area (Å²) in [7, 11) is 0. The molecule has 0 saturated carbocycles. The predicted molar refractivity (Wildman–Crippen MR) is 70.4 cm³/mol. The van der Waals surface area contributed by atoms with E-state index in [9.17, 15) is 0 Å². The first kappa shape index (κ1) is 12.8. The highest BCUT2D eigenvalue weighted by molar-refractivity contribution is 5.30. The van der Waals surface area contributed by atoms with Crippen LogP contribution in [0.25, 0.3) is 0 Å². The van der Waals surface area contributed by atoms with Crippen LogP contribution in [0.3, 0.4) is 0 Å². The summed E-state index contributed by atoms with van der Waals surface area (Å²) in [5.41, 5.74) is 3.97. The number of nitrogens with zero attached hydrogens (tertiary/aromatic N) is 2. The van der Waals surface area contributed by atoms with Gasteiger partial charge in [0, 0.05) is 26.4 Å². The summed E-state index contributed by atoms with van der Waals surface area (Å²) in [5, 5.41) is 7.26. The summed E-state index contributed by atoms with van der Waals surface area (Å²) < 4.78 is 4.92. The Morgan fingerprint density at radius 3 is 2.72 bits per heavy atom. The minimum atomic E-state index is 0.624. The van der Waals surface area contributed by atoms with Crippen molar-refractivity contribution in [3.05, 3.63) is 46.6 Å². The molecule has 0 fully saturated rings. The highest BCUT2D eigenvalue weighted by Crippen LogP contribution is 2.09. The lowest BCUT2D eigenvalue weighted by Crippen LogP contribution is -2.17. The summed E-state index contributed by atoms with van der Waals surface area (Å²) in [6, 6.07) is 6.53. The minimum Gasteiger partial charge on any atom is -0.340 e. The molecule has 1 aromatic heterocycles. The van der Waals surface area contributed by atoms with E-state index in [-0.39, 0.29) is 0 Å². The largest absolute Gasteiger partial charge is 0.340 e. The average molecular weight is 245 g/mol. The molecule has 2 rings (SSSR count). The molecule has 0 bridgehead atoms. The van der Waals surface area contributed by atoms with Crippen molar-refractivity contribution in [3.63, 3.8) is 0 Å². The van der Waals surface area contributed by atoms with Crippen LogP contribution in [0.15, 0.2) is 22.7 Å². The van der Waals surface area contributed by atoms with Crippen molar-refractivity contribution in [2.45, 2.75) is 33.7 Å². The second-order valence-electron chi connectivity index (χ2n) is 4.59. The van der Waals surface area contributed by atoms with E-state index in [2.05, 4.69) is 47.5 Å². The molecule has 18 heavy (non-hydrogen) atoms. The second-order valence-corrected chi connectivity index (χ2v) is 4.59. The first-order valence-corrected chi connectivity index (χ1v) is 6.21. The van der Waals surface area contributed by atoms with E-state index >= 15 is 0 Å². The van der Waals surface area contributed by atoms with E-state index in [1.807, 2.05) is 0 Å². The number of aromatic nitrogens is 2. The number of hydrogen-bond donors (Lipinski definition) is 1. The Morgan fingerprint density at radius 1 is 1.22 bits per heavy atom. The van der Waals surface area contributed by atoms with E-state index in [0.29, 0.717) is 5.89 Å². The van der Waals surface area contributed by atoms with E-state index in [0.717, 1.165) is 25.3 Å². The molecule has 0 aliphatic heterocycles. The van der Waals surface area contributed by atoms with E-state index in [1.54, 1.807) is 6.92 Å². The second kappa shape index (κ2) is 5.78. The molecule has 0 unspecified atom stereocenters. The maximum atomic E-state index is 4.92. The van der Waals surface area contributed by atoms with Crippen LogP contribution in [0.2, 0.25) is 0 Å². The first-order valence-electron chi connectivity index (χ1n) is 6.21. The van der Waals surface area contributed by atoms with Gasteiger partial charge in [0.25, 0.3) is 0 Å². The van der Waals surface area contributed by atoms with E-state index < -0.39 is 0 Å². The lowest BCUT2D eigenvalue weighted by atomic mass is 10.1. The fourth-order valence-corrected chi connectivity index (χ4v) is 1.91. The maximum Gasteiger partial charge on any atom is 0.223 e. The summed E-state index contributed by atoms with van der Waals surface area (Å²) in [6.45, 7) is 7.80. The number of hydrogen-bond acceptors (Lipinski definition) is 4. The summed E-state index contributed by atoms with van der Waals surface area (Å²) in [5.74, 6) is 1.39. The molecule has 4 nitrogen and oxygen atoms in total. The van der Waals surface area contributed by atoms with Crippen LogP contribution >= 0.6 is 0 Å². The van der Waals surface area contributed by atoms with Gasteiger partial charge in [-0.3, -0.25) is 0 Å². The van der Waals surface area contributed by atoms with Crippen molar-refractivity contribution in [3.8, 4) is 0 Å². The molecular formula is C14H19N3O. The number of aryl methyl sites for hydroxylation is 3. The third kappa shape index (κ3) is 3.40. The standard InChI is InChI=1S/C14H19N3O/c1-10-4-5-13(11(2)8-10)9-15-7-6-14-16-12(3)18-17-14/h4-5,8,15H,6-7,9H2,1-3H3. The topological polar surface area (TPSA) is 51.0 Å².